The molecule has 0 atom stereocenters. The molecule has 0 aromatic heterocycles. The third kappa shape index (κ3) is 5.20. The molecular weight excluding hydrogens is 360 g/mol. The van der Waals surface area contributed by atoms with Crippen LogP contribution in [0.15, 0.2) is 58.3 Å². The molecule has 0 aliphatic carbocycles. The van der Waals surface area contributed by atoms with E-state index in [1.165, 1.54) is 41.2 Å². The van der Waals surface area contributed by atoms with Crippen molar-refractivity contribution < 1.29 is 19.8 Å². The zero-order chi connectivity index (χ0) is 15.9. The van der Waals surface area contributed by atoms with Crippen molar-refractivity contribution in [3.8, 4) is 0 Å². The molecule has 0 amide bonds. The Bertz CT molecular complexity index is 631. The molecule has 8 heteroatoms. The molecule has 2 N–H and O–H groups in total. The van der Waals surface area contributed by atoms with Crippen molar-refractivity contribution in [3.05, 3.63) is 59.7 Å². The second kappa shape index (κ2) is 8.42. The molecule has 0 saturated carbocycles. The van der Waals surface area contributed by atoms with Gasteiger partial charge in [-0.2, -0.15) is 0 Å². The third-order valence-electron chi connectivity index (χ3n) is 2.45. The predicted octanol–water partition coefficient (Wildman–Crippen LogP) is 5.18. The van der Waals surface area contributed by atoms with E-state index in [0.717, 1.165) is 9.79 Å². The highest BCUT2D eigenvalue weighted by Crippen LogP contribution is 2.49. The smallest absolute Gasteiger partial charge is 0.335 e. The molecular formula is C14H10O4S4. The first-order chi connectivity index (χ1) is 10.6. The van der Waals surface area contributed by atoms with Crippen LogP contribution < -0.4 is 0 Å². The first-order valence-corrected chi connectivity index (χ1v) is 10.7. The summed E-state index contributed by atoms with van der Waals surface area (Å²) in [5.74, 6) is -1.89. The number of hydrogen-bond donors (Lipinski definition) is 2. The molecule has 4 nitrogen and oxygen atoms in total. The molecule has 0 radical (unpaired) electrons. The van der Waals surface area contributed by atoms with Gasteiger partial charge >= 0.3 is 11.9 Å². The lowest BCUT2D eigenvalue weighted by Gasteiger charge is -2.02. The normalized spacial score (nSPS) is 10.4. The van der Waals surface area contributed by atoms with E-state index in [9.17, 15) is 9.59 Å². The van der Waals surface area contributed by atoms with E-state index >= 15 is 0 Å². The Hall–Kier alpha value is -1.22. The molecule has 0 aliphatic heterocycles. The predicted molar refractivity (Wildman–Crippen MR) is 93.7 cm³/mol. The van der Waals surface area contributed by atoms with Crippen molar-refractivity contribution in [2.75, 3.05) is 0 Å². The minimum atomic E-state index is -0.944. The van der Waals surface area contributed by atoms with Gasteiger partial charge in [-0.3, -0.25) is 0 Å². The standard InChI is InChI=1S/C14H10O4S4/c15-13(16)9-3-1-5-11(7-9)19-21-22-20-12-6-2-4-10(8-12)14(17)18/h1-8H,(H,15,16)(H,17,18). The van der Waals surface area contributed by atoms with Crippen LogP contribution in [0.4, 0.5) is 0 Å². The number of hydrogen-bond acceptors (Lipinski definition) is 6. The maximum Gasteiger partial charge on any atom is 0.335 e. The van der Waals surface area contributed by atoms with E-state index in [1.54, 1.807) is 36.4 Å². The average molecular weight is 370 g/mol. The summed E-state index contributed by atoms with van der Waals surface area (Å²) in [5.41, 5.74) is 0.523. The lowest BCUT2D eigenvalue weighted by Crippen LogP contribution is -1.94. The molecule has 2 aromatic rings. The quantitative estimate of drug-likeness (QED) is 0.510. The first kappa shape index (κ1) is 17.1. The molecule has 0 bridgehead atoms. The van der Waals surface area contributed by atoms with Gasteiger partial charge < -0.3 is 10.2 Å². The van der Waals surface area contributed by atoms with Crippen molar-refractivity contribution in [3.63, 3.8) is 0 Å². The summed E-state index contributed by atoms with van der Waals surface area (Å²) in [5, 5.41) is 17.9. The molecule has 114 valence electrons. The summed E-state index contributed by atoms with van der Waals surface area (Å²) in [7, 11) is 5.91. The van der Waals surface area contributed by atoms with Gasteiger partial charge in [-0.25, -0.2) is 9.59 Å². The Balaban J connectivity index is 1.84. The summed E-state index contributed by atoms with van der Waals surface area (Å²) in [4.78, 5) is 23.5. The van der Waals surface area contributed by atoms with Crippen LogP contribution in [0.25, 0.3) is 0 Å². The average Bonchev–Trinajstić information content (AvgIpc) is 2.52. The SMILES string of the molecule is O=C(O)c1cccc(SSSSc2cccc(C(=O)O)c2)c1. The van der Waals surface area contributed by atoms with Crippen molar-refractivity contribution in [2.45, 2.75) is 9.79 Å². The summed E-state index contributed by atoms with van der Waals surface area (Å²) in [6.45, 7) is 0. The van der Waals surface area contributed by atoms with E-state index in [0.29, 0.717) is 0 Å². The zero-order valence-electron chi connectivity index (χ0n) is 11.0. The van der Waals surface area contributed by atoms with Crippen LogP contribution in [0.3, 0.4) is 0 Å². The maximum atomic E-state index is 10.9. The minimum absolute atomic E-state index is 0.261. The van der Waals surface area contributed by atoms with Crippen LogP contribution in [0.2, 0.25) is 0 Å². The van der Waals surface area contributed by atoms with Crippen LogP contribution in [0.5, 0.6) is 0 Å². The van der Waals surface area contributed by atoms with Crippen LogP contribution in [-0.2, 0) is 0 Å². The van der Waals surface area contributed by atoms with Crippen molar-refractivity contribution in [2.24, 2.45) is 0 Å². The maximum absolute atomic E-state index is 10.9. The van der Waals surface area contributed by atoms with Gasteiger partial charge in [0.1, 0.15) is 0 Å². The summed E-state index contributed by atoms with van der Waals surface area (Å²) in [6, 6.07) is 13.5. The van der Waals surface area contributed by atoms with Gasteiger partial charge in [0, 0.05) is 9.79 Å². The summed E-state index contributed by atoms with van der Waals surface area (Å²) >= 11 is 0. The largest absolute Gasteiger partial charge is 0.478 e. The van der Waals surface area contributed by atoms with Crippen LogP contribution >= 0.6 is 41.2 Å². The van der Waals surface area contributed by atoms with Gasteiger partial charge in [0.05, 0.1) is 11.1 Å². The van der Waals surface area contributed by atoms with Crippen LogP contribution in [0.1, 0.15) is 20.7 Å². The van der Waals surface area contributed by atoms with Gasteiger partial charge in [0.2, 0.25) is 0 Å². The van der Waals surface area contributed by atoms with Crippen molar-refractivity contribution >= 4 is 53.2 Å². The molecule has 0 heterocycles. The topological polar surface area (TPSA) is 74.6 Å². The number of rotatable bonds is 7. The number of carboxylic acids is 2. The van der Waals surface area contributed by atoms with E-state index in [1.807, 2.05) is 12.1 Å². The second-order valence-electron chi connectivity index (χ2n) is 3.97. The Morgan fingerprint density at radius 2 is 1.14 bits per heavy atom. The molecule has 0 fully saturated rings. The Morgan fingerprint density at radius 3 is 1.50 bits per heavy atom. The Kier molecular flexibility index (Phi) is 6.56. The monoisotopic (exact) mass is 370 g/mol. The lowest BCUT2D eigenvalue weighted by molar-refractivity contribution is 0.0685. The van der Waals surface area contributed by atoms with Crippen molar-refractivity contribution in [1.82, 2.24) is 0 Å². The second-order valence-corrected chi connectivity index (χ2v) is 9.78. The Morgan fingerprint density at radius 1 is 0.727 bits per heavy atom. The highest BCUT2D eigenvalue weighted by molar-refractivity contribution is 9.26. The van der Waals surface area contributed by atoms with E-state index in [2.05, 4.69) is 0 Å². The fraction of sp³-hybridized carbons (Fsp3) is 0. The molecule has 0 aliphatic rings. The van der Waals surface area contributed by atoms with E-state index in [-0.39, 0.29) is 11.1 Å². The molecule has 22 heavy (non-hydrogen) atoms. The number of aromatic carboxylic acids is 2. The molecule has 0 spiro atoms. The van der Waals surface area contributed by atoms with Gasteiger partial charge in [-0.05, 0) is 77.6 Å². The first-order valence-electron chi connectivity index (χ1n) is 5.91. The number of benzene rings is 2. The molecule has 0 unspecified atom stereocenters. The molecule has 0 saturated heterocycles. The highest BCUT2D eigenvalue weighted by atomic mass is 33.7. The van der Waals surface area contributed by atoms with Gasteiger partial charge in [-0.1, -0.05) is 12.1 Å². The minimum Gasteiger partial charge on any atom is -0.478 e. The molecule has 2 aromatic carbocycles. The van der Waals surface area contributed by atoms with Gasteiger partial charge in [0.15, 0.2) is 0 Å². The van der Waals surface area contributed by atoms with Crippen LogP contribution in [0, 0.1) is 0 Å². The van der Waals surface area contributed by atoms with Gasteiger partial charge in [0.25, 0.3) is 0 Å². The zero-order valence-corrected chi connectivity index (χ0v) is 14.2. The summed E-state index contributed by atoms with van der Waals surface area (Å²) in [6.07, 6.45) is 0. The number of carboxylic acid groups (broad SMARTS) is 2. The Labute approximate surface area is 142 Å². The highest BCUT2D eigenvalue weighted by Gasteiger charge is 2.06. The fourth-order valence-corrected chi connectivity index (χ4v) is 6.97. The lowest BCUT2D eigenvalue weighted by atomic mass is 10.2. The van der Waals surface area contributed by atoms with Crippen molar-refractivity contribution in [1.29, 1.82) is 0 Å². The number of carbonyl (C=O) groups is 2. The summed E-state index contributed by atoms with van der Waals surface area (Å²) < 4.78 is 0. The molecule has 2 rings (SSSR count). The van der Waals surface area contributed by atoms with Crippen LogP contribution in [-0.4, -0.2) is 22.2 Å². The van der Waals surface area contributed by atoms with Gasteiger partial charge in [-0.15, -0.1) is 0 Å². The fourth-order valence-electron chi connectivity index (χ4n) is 1.47. The van der Waals surface area contributed by atoms with E-state index < -0.39 is 11.9 Å². The van der Waals surface area contributed by atoms with E-state index in [4.69, 9.17) is 10.2 Å². The third-order valence-corrected chi connectivity index (χ3v) is 8.49.